The normalized spacial score (nSPS) is 12.2. The maximum Gasteiger partial charge on any atom is 0.155 e. The number of nitrogens with zero attached hydrogens (tertiary/aromatic N) is 4. The van der Waals surface area contributed by atoms with Crippen molar-refractivity contribution < 1.29 is 4.74 Å². The smallest absolute Gasteiger partial charge is 0.155 e. The number of fused-ring (bicyclic) bond motifs is 1. The van der Waals surface area contributed by atoms with Crippen molar-refractivity contribution in [2.45, 2.75) is 19.4 Å². The molecule has 3 aromatic rings. The van der Waals surface area contributed by atoms with Gasteiger partial charge in [-0.1, -0.05) is 6.07 Å². The zero-order chi connectivity index (χ0) is 15.4. The van der Waals surface area contributed by atoms with Crippen LogP contribution in [-0.4, -0.2) is 21.6 Å². The van der Waals surface area contributed by atoms with Crippen molar-refractivity contribution >= 4 is 21.6 Å². The van der Waals surface area contributed by atoms with Crippen LogP contribution in [0.15, 0.2) is 35.8 Å². The number of hydrogen-bond acceptors (Lipinski definition) is 6. The fourth-order valence-corrected chi connectivity index (χ4v) is 3.06. The molecule has 0 fully saturated rings. The van der Waals surface area contributed by atoms with Crippen molar-refractivity contribution in [1.82, 2.24) is 15.0 Å². The summed E-state index contributed by atoms with van der Waals surface area (Å²) in [5.41, 5.74) is 2.25. The molecule has 1 unspecified atom stereocenters. The summed E-state index contributed by atoms with van der Waals surface area (Å²) in [6.07, 6.45) is 1.69. The average molecular weight is 310 g/mol. The van der Waals surface area contributed by atoms with Crippen LogP contribution < -0.4 is 0 Å². The summed E-state index contributed by atoms with van der Waals surface area (Å²) < 4.78 is 6.33. The van der Waals surface area contributed by atoms with Gasteiger partial charge in [-0.05, 0) is 30.5 Å². The summed E-state index contributed by atoms with van der Waals surface area (Å²) in [5.74, 6) is 0.0876. The molecular weight excluding hydrogens is 296 g/mol. The third-order valence-electron chi connectivity index (χ3n) is 3.20. The minimum Gasteiger partial charge on any atom is -0.374 e. The van der Waals surface area contributed by atoms with Gasteiger partial charge in [-0.3, -0.25) is 4.98 Å². The number of aromatic nitrogens is 3. The zero-order valence-corrected chi connectivity index (χ0v) is 12.9. The van der Waals surface area contributed by atoms with Crippen LogP contribution in [0.1, 0.15) is 30.1 Å². The molecule has 0 spiro atoms. The summed E-state index contributed by atoms with van der Waals surface area (Å²) in [6, 6.07) is 9.80. The highest BCUT2D eigenvalue weighted by Crippen LogP contribution is 2.30. The number of rotatable bonds is 5. The largest absolute Gasteiger partial charge is 0.374 e. The molecule has 1 atom stereocenters. The van der Waals surface area contributed by atoms with Crippen molar-refractivity contribution in [1.29, 1.82) is 5.26 Å². The molecule has 3 aromatic heterocycles. The van der Waals surface area contributed by atoms with Gasteiger partial charge in [-0.25, -0.2) is 9.97 Å². The number of pyridine rings is 1. The molecule has 0 aromatic carbocycles. The standard InChI is InChI=1S/C16H14N4OS/c1-2-21-10-14-19-13-6-8-22-16(13)15(20-14)11(9-17)12-5-3-4-7-18-12/h3-8,11H,2,10H2,1H3. The predicted octanol–water partition coefficient (Wildman–Crippen LogP) is 3.28. The highest BCUT2D eigenvalue weighted by molar-refractivity contribution is 7.17. The van der Waals surface area contributed by atoms with Gasteiger partial charge in [0.25, 0.3) is 0 Å². The van der Waals surface area contributed by atoms with E-state index in [0.29, 0.717) is 30.4 Å². The zero-order valence-electron chi connectivity index (χ0n) is 12.1. The van der Waals surface area contributed by atoms with Gasteiger partial charge in [0.1, 0.15) is 12.5 Å². The predicted molar refractivity (Wildman–Crippen MR) is 84.4 cm³/mol. The number of hydrogen-bond donors (Lipinski definition) is 0. The minimum atomic E-state index is -0.509. The summed E-state index contributed by atoms with van der Waals surface area (Å²) in [5, 5.41) is 11.6. The first-order chi connectivity index (χ1) is 10.8. The van der Waals surface area contributed by atoms with E-state index in [-0.39, 0.29) is 0 Å². The monoisotopic (exact) mass is 310 g/mol. The van der Waals surface area contributed by atoms with E-state index in [1.807, 2.05) is 36.6 Å². The van der Waals surface area contributed by atoms with Crippen LogP contribution in [-0.2, 0) is 11.3 Å². The third-order valence-corrected chi connectivity index (χ3v) is 4.12. The molecule has 0 N–H and O–H groups in total. The number of nitriles is 1. The Bertz CT molecular complexity index is 810. The first kappa shape index (κ1) is 14.6. The second-order valence-electron chi connectivity index (χ2n) is 4.61. The lowest BCUT2D eigenvalue weighted by Crippen LogP contribution is -2.08. The molecule has 5 nitrogen and oxygen atoms in total. The van der Waals surface area contributed by atoms with Crippen LogP contribution in [0.2, 0.25) is 0 Å². The molecule has 0 radical (unpaired) electrons. The molecule has 0 aliphatic carbocycles. The van der Waals surface area contributed by atoms with E-state index in [9.17, 15) is 5.26 Å². The molecule has 110 valence electrons. The maximum atomic E-state index is 9.62. The second kappa shape index (κ2) is 6.60. The van der Waals surface area contributed by atoms with Gasteiger partial charge in [0, 0.05) is 12.8 Å². The average Bonchev–Trinajstić information content (AvgIpc) is 3.03. The fourth-order valence-electron chi connectivity index (χ4n) is 2.20. The van der Waals surface area contributed by atoms with Gasteiger partial charge in [-0.15, -0.1) is 11.3 Å². The van der Waals surface area contributed by atoms with Gasteiger partial charge in [0.15, 0.2) is 5.82 Å². The second-order valence-corrected chi connectivity index (χ2v) is 5.53. The first-order valence-electron chi connectivity index (χ1n) is 6.95. The van der Waals surface area contributed by atoms with Crippen LogP contribution in [0.5, 0.6) is 0 Å². The van der Waals surface area contributed by atoms with Crippen molar-refractivity contribution in [3.8, 4) is 6.07 Å². The van der Waals surface area contributed by atoms with Crippen LogP contribution in [0, 0.1) is 11.3 Å². The van der Waals surface area contributed by atoms with E-state index in [2.05, 4.69) is 21.0 Å². The Labute approximate surface area is 132 Å². The molecule has 0 saturated heterocycles. The molecule has 0 saturated carbocycles. The Morgan fingerprint density at radius 2 is 2.23 bits per heavy atom. The summed E-state index contributed by atoms with van der Waals surface area (Å²) in [7, 11) is 0. The van der Waals surface area contributed by atoms with E-state index < -0.39 is 5.92 Å². The molecule has 22 heavy (non-hydrogen) atoms. The fraction of sp³-hybridized carbons (Fsp3) is 0.250. The van der Waals surface area contributed by atoms with Crippen LogP contribution in [0.3, 0.4) is 0 Å². The first-order valence-corrected chi connectivity index (χ1v) is 7.83. The Morgan fingerprint density at radius 3 is 2.95 bits per heavy atom. The Kier molecular flexibility index (Phi) is 4.37. The lowest BCUT2D eigenvalue weighted by molar-refractivity contribution is 0.128. The summed E-state index contributed by atoms with van der Waals surface area (Å²) in [4.78, 5) is 13.4. The van der Waals surface area contributed by atoms with Crippen molar-refractivity contribution in [3.05, 3.63) is 53.1 Å². The molecule has 6 heteroatoms. The molecule has 0 aliphatic rings. The van der Waals surface area contributed by atoms with E-state index in [1.54, 1.807) is 17.5 Å². The minimum absolute atomic E-state index is 0.343. The van der Waals surface area contributed by atoms with E-state index >= 15 is 0 Å². The summed E-state index contributed by atoms with van der Waals surface area (Å²) >= 11 is 1.54. The van der Waals surface area contributed by atoms with Crippen molar-refractivity contribution in [2.24, 2.45) is 0 Å². The molecule has 3 heterocycles. The number of ether oxygens (including phenoxy) is 1. The van der Waals surface area contributed by atoms with Crippen molar-refractivity contribution in [3.63, 3.8) is 0 Å². The highest BCUT2D eigenvalue weighted by atomic mass is 32.1. The Morgan fingerprint density at radius 1 is 1.32 bits per heavy atom. The lowest BCUT2D eigenvalue weighted by Gasteiger charge is -2.11. The molecule has 0 bridgehead atoms. The van der Waals surface area contributed by atoms with E-state index in [0.717, 1.165) is 10.2 Å². The van der Waals surface area contributed by atoms with E-state index in [4.69, 9.17) is 4.74 Å². The molecular formula is C16H14N4OS. The van der Waals surface area contributed by atoms with Gasteiger partial charge in [0.05, 0.1) is 27.7 Å². The summed E-state index contributed by atoms with van der Waals surface area (Å²) in [6.45, 7) is 2.87. The quantitative estimate of drug-likeness (QED) is 0.723. The Hall–Kier alpha value is -2.36. The van der Waals surface area contributed by atoms with Crippen LogP contribution in [0.25, 0.3) is 10.2 Å². The molecule has 3 rings (SSSR count). The Balaban J connectivity index is 2.11. The number of thiophene rings is 1. The SMILES string of the molecule is CCOCc1nc(C(C#N)c2ccccn2)c2sccc2n1. The van der Waals surface area contributed by atoms with Crippen molar-refractivity contribution in [2.75, 3.05) is 6.61 Å². The molecule has 0 amide bonds. The van der Waals surface area contributed by atoms with Crippen LogP contribution in [0.4, 0.5) is 0 Å². The lowest BCUT2D eigenvalue weighted by atomic mass is 10.0. The molecule has 0 aliphatic heterocycles. The van der Waals surface area contributed by atoms with Gasteiger partial charge >= 0.3 is 0 Å². The highest BCUT2D eigenvalue weighted by Gasteiger charge is 2.21. The third kappa shape index (κ3) is 2.82. The van der Waals surface area contributed by atoms with Crippen LogP contribution >= 0.6 is 11.3 Å². The van der Waals surface area contributed by atoms with Gasteiger partial charge in [-0.2, -0.15) is 5.26 Å². The van der Waals surface area contributed by atoms with E-state index in [1.165, 1.54) is 0 Å². The maximum absolute atomic E-state index is 9.62. The van der Waals surface area contributed by atoms with Gasteiger partial charge < -0.3 is 4.74 Å². The van der Waals surface area contributed by atoms with Gasteiger partial charge in [0.2, 0.25) is 0 Å². The topological polar surface area (TPSA) is 71.7 Å².